The summed E-state index contributed by atoms with van der Waals surface area (Å²) in [6.45, 7) is 6.67. The number of unbranched alkanes of at least 4 members (excludes halogenated alkanes) is 46. The molecular weight excluding hydrogens is 937 g/mol. The number of ether oxygens (including phenoxy) is 3. The van der Waals surface area contributed by atoms with Crippen molar-refractivity contribution < 1.29 is 28.6 Å². The van der Waals surface area contributed by atoms with Crippen LogP contribution < -0.4 is 0 Å². The lowest BCUT2D eigenvalue weighted by molar-refractivity contribution is -0.167. The van der Waals surface area contributed by atoms with E-state index in [1.165, 1.54) is 270 Å². The van der Waals surface area contributed by atoms with Crippen LogP contribution in [0.2, 0.25) is 0 Å². The minimum absolute atomic E-state index is 0.0721. The van der Waals surface area contributed by atoms with Crippen LogP contribution in [0.1, 0.15) is 374 Å². The van der Waals surface area contributed by atoms with Crippen LogP contribution in [0.15, 0.2) is 36.5 Å². The molecule has 0 radical (unpaired) electrons. The molecule has 0 N–H and O–H groups in total. The smallest absolute Gasteiger partial charge is 0.306 e. The van der Waals surface area contributed by atoms with Crippen LogP contribution in [0.5, 0.6) is 0 Å². The monoisotopic (exact) mass is 1070 g/mol. The van der Waals surface area contributed by atoms with E-state index >= 15 is 0 Å². The maximum absolute atomic E-state index is 12.9. The second-order valence-electron chi connectivity index (χ2n) is 23.1. The summed E-state index contributed by atoms with van der Waals surface area (Å²) in [7, 11) is 0. The fourth-order valence-electron chi connectivity index (χ4n) is 10.2. The van der Waals surface area contributed by atoms with Crippen molar-refractivity contribution in [3.05, 3.63) is 36.5 Å². The van der Waals surface area contributed by atoms with E-state index in [4.69, 9.17) is 14.2 Å². The van der Waals surface area contributed by atoms with Crippen molar-refractivity contribution in [2.75, 3.05) is 13.2 Å². The fourth-order valence-corrected chi connectivity index (χ4v) is 10.2. The molecule has 0 saturated heterocycles. The Kier molecular flexibility index (Phi) is 63.1. The second kappa shape index (κ2) is 65.2. The number of hydrogen-bond donors (Lipinski definition) is 0. The van der Waals surface area contributed by atoms with Gasteiger partial charge in [-0.1, -0.05) is 295 Å². The minimum atomic E-state index is -0.776. The minimum Gasteiger partial charge on any atom is -0.462 e. The van der Waals surface area contributed by atoms with Crippen molar-refractivity contribution in [3.8, 4) is 0 Å². The Morgan fingerprint density at radius 2 is 0.434 bits per heavy atom. The average Bonchev–Trinajstić information content (AvgIpc) is 3.42. The number of carbonyl (C=O) groups is 3. The predicted molar refractivity (Wildman–Crippen MR) is 330 cm³/mol. The van der Waals surface area contributed by atoms with Gasteiger partial charge in [0, 0.05) is 19.3 Å². The third-order valence-electron chi connectivity index (χ3n) is 15.3. The van der Waals surface area contributed by atoms with E-state index < -0.39 is 6.10 Å². The van der Waals surface area contributed by atoms with Gasteiger partial charge in [-0.2, -0.15) is 0 Å². The van der Waals surface area contributed by atoms with Gasteiger partial charge in [-0.15, -0.1) is 0 Å². The summed E-state index contributed by atoms with van der Waals surface area (Å²) >= 11 is 0. The Morgan fingerprint density at radius 1 is 0.250 bits per heavy atom. The summed E-state index contributed by atoms with van der Waals surface area (Å²) in [5.74, 6) is -0.860. The molecule has 0 saturated carbocycles. The SMILES string of the molecule is CCCCC/C=C\CCCCCCCC(=O)OCC(COC(=O)CCCCCCCCCCCCCCC/C=C\CCCCCCCCCC)OC(=O)CCCCCCCCCCC/C=C\CCCCCCCCCC. The van der Waals surface area contributed by atoms with Gasteiger partial charge in [0.2, 0.25) is 0 Å². The van der Waals surface area contributed by atoms with Crippen molar-refractivity contribution in [2.24, 2.45) is 0 Å². The first kappa shape index (κ1) is 73.6. The van der Waals surface area contributed by atoms with E-state index in [2.05, 4.69) is 57.2 Å². The van der Waals surface area contributed by atoms with Crippen LogP contribution >= 0.6 is 0 Å². The Morgan fingerprint density at radius 3 is 0.684 bits per heavy atom. The molecule has 0 rings (SSSR count). The standard InChI is InChI=1S/C70H130O6/c1-4-7-10-13-16-19-22-25-27-29-31-33-34-35-36-38-39-41-43-45-48-51-54-57-60-63-69(72)75-66-67(65-74-68(71)62-59-56-53-50-47-24-21-18-15-12-9-6-3)76-70(73)64-61-58-55-52-49-46-44-42-40-37-32-30-28-26-23-20-17-14-11-8-5-2/h18,21,29-32,67H,4-17,19-20,22-28,33-66H2,1-3H3/b21-18-,31-29-,32-30-. The molecule has 0 aliphatic carbocycles. The zero-order valence-electron chi connectivity index (χ0n) is 51.3. The van der Waals surface area contributed by atoms with E-state index in [-0.39, 0.29) is 31.1 Å². The van der Waals surface area contributed by atoms with Gasteiger partial charge in [0.15, 0.2) is 6.10 Å². The number of allylic oxidation sites excluding steroid dienone is 6. The van der Waals surface area contributed by atoms with E-state index in [0.29, 0.717) is 19.3 Å². The van der Waals surface area contributed by atoms with Crippen LogP contribution in [-0.4, -0.2) is 37.2 Å². The summed E-state index contributed by atoms with van der Waals surface area (Å²) in [6, 6.07) is 0. The summed E-state index contributed by atoms with van der Waals surface area (Å²) in [4.78, 5) is 38.3. The van der Waals surface area contributed by atoms with Gasteiger partial charge in [-0.25, -0.2) is 0 Å². The molecular formula is C70H130O6. The highest BCUT2D eigenvalue weighted by atomic mass is 16.6. The van der Waals surface area contributed by atoms with Crippen LogP contribution in [0.3, 0.4) is 0 Å². The number of hydrogen-bond acceptors (Lipinski definition) is 6. The van der Waals surface area contributed by atoms with Crippen LogP contribution in [0.25, 0.3) is 0 Å². The van der Waals surface area contributed by atoms with Crippen LogP contribution in [0.4, 0.5) is 0 Å². The summed E-state index contributed by atoms with van der Waals surface area (Å²) < 4.78 is 16.9. The highest BCUT2D eigenvalue weighted by Gasteiger charge is 2.19. The van der Waals surface area contributed by atoms with E-state index in [0.717, 1.165) is 64.2 Å². The topological polar surface area (TPSA) is 78.9 Å². The summed E-state index contributed by atoms with van der Waals surface area (Å²) in [5, 5.41) is 0. The van der Waals surface area contributed by atoms with E-state index in [1.54, 1.807) is 0 Å². The van der Waals surface area contributed by atoms with E-state index in [9.17, 15) is 14.4 Å². The molecule has 0 amide bonds. The molecule has 0 aliphatic heterocycles. The van der Waals surface area contributed by atoms with Crippen molar-refractivity contribution >= 4 is 17.9 Å². The third-order valence-corrected chi connectivity index (χ3v) is 15.3. The molecule has 76 heavy (non-hydrogen) atoms. The summed E-state index contributed by atoms with van der Waals surface area (Å²) in [6.07, 6.45) is 80.2. The van der Waals surface area contributed by atoms with Gasteiger partial charge < -0.3 is 14.2 Å². The normalized spacial score (nSPS) is 12.2. The van der Waals surface area contributed by atoms with Crippen molar-refractivity contribution in [3.63, 3.8) is 0 Å². The fraction of sp³-hybridized carbons (Fsp3) is 0.871. The maximum atomic E-state index is 12.9. The van der Waals surface area contributed by atoms with Crippen LogP contribution in [-0.2, 0) is 28.6 Å². The maximum Gasteiger partial charge on any atom is 0.306 e. The molecule has 0 aliphatic rings. The molecule has 0 aromatic rings. The molecule has 0 spiro atoms. The van der Waals surface area contributed by atoms with E-state index in [1.807, 2.05) is 0 Å². The summed E-state index contributed by atoms with van der Waals surface area (Å²) in [5.41, 5.74) is 0. The Bertz CT molecular complexity index is 1270. The average molecular weight is 1070 g/mol. The lowest BCUT2D eigenvalue weighted by Crippen LogP contribution is -2.30. The third kappa shape index (κ3) is 62.5. The first-order chi connectivity index (χ1) is 37.5. The number of esters is 3. The molecule has 0 aromatic carbocycles. The number of rotatable bonds is 63. The largest absolute Gasteiger partial charge is 0.462 e. The molecule has 6 heteroatoms. The quantitative estimate of drug-likeness (QED) is 0.0261. The lowest BCUT2D eigenvalue weighted by Gasteiger charge is -2.18. The molecule has 6 nitrogen and oxygen atoms in total. The van der Waals surface area contributed by atoms with Crippen molar-refractivity contribution in [1.29, 1.82) is 0 Å². The lowest BCUT2D eigenvalue weighted by atomic mass is 10.0. The molecule has 0 aromatic heterocycles. The Hall–Kier alpha value is -2.37. The molecule has 446 valence electrons. The first-order valence-electron chi connectivity index (χ1n) is 34.0. The molecule has 0 bridgehead atoms. The predicted octanol–water partition coefficient (Wildman–Crippen LogP) is 23.2. The van der Waals surface area contributed by atoms with Gasteiger partial charge in [0.25, 0.3) is 0 Å². The number of carbonyl (C=O) groups excluding carboxylic acids is 3. The second-order valence-corrected chi connectivity index (χ2v) is 23.1. The molecule has 0 fully saturated rings. The first-order valence-corrected chi connectivity index (χ1v) is 34.0. The zero-order valence-corrected chi connectivity index (χ0v) is 51.3. The highest BCUT2D eigenvalue weighted by Crippen LogP contribution is 2.18. The molecule has 1 atom stereocenters. The molecule has 0 heterocycles. The Balaban J connectivity index is 4.23. The Labute approximate surface area is 474 Å². The van der Waals surface area contributed by atoms with Gasteiger partial charge in [0.05, 0.1) is 0 Å². The van der Waals surface area contributed by atoms with Gasteiger partial charge in [-0.05, 0) is 96.3 Å². The van der Waals surface area contributed by atoms with Gasteiger partial charge in [0.1, 0.15) is 13.2 Å². The highest BCUT2D eigenvalue weighted by molar-refractivity contribution is 5.71. The zero-order chi connectivity index (χ0) is 55.0. The van der Waals surface area contributed by atoms with Crippen molar-refractivity contribution in [1.82, 2.24) is 0 Å². The van der Waals surface area contributed by atoms with Crippen LogP contribution in [0, 0.1) is 0 Å². The van der Waals surface area contributed by atoms with Gasteiger partial charge in [-0.3, -0.25) is 14.4 Å². The van der Waals surface area contributed by atoms with Crippen molar-refractivity contribution in [2.45, 2.75) is 380 Å². The van der Waals surface area contributed by atoms with Gasteiger partial charge >= 0.3 is 17.9 Å². The molecule has 1 unspecified atom stereocenters.